The highest BCUT2D eigenvalue weighted by Gasteiger charge is 2.21. The van der Waals surface area contributed by atoms with Gasteiger partial charge in [-0.15, -0.1) is 0 Å². The number of hydrogen-bond donors (Lipinski definition) is 1. The maximum atomic E-state index is 6.01. The fourth-order valence-corrected chi connectivity index (χ4v) is 3.99. The number of H-pyrrole nitrogens is 1. The van der Waals surface area contributed by atoms with E-state index in [2.05, 4.69) is 62.0 Å². The van der Waals surface area contributed by atoms with Crippen LogP contribution in [0.3, 0.4) is 0 Å². The summed E-state index contributed by atoms with van der Waals surface area (Å²) in [5, 5.41) is 1.92. The lowest BCUT2D eigenvalue weighted by Gasteiger charge is -2.36. The molecule has 1 N–H and O–H groups in total. The van der Waals surface area contributed by atoms with Gasteiger partial charge in [-0.25, -0.2) is 9.97 Å². The molecule has 1 aliphatic rings. The highest BCUT2D eigenvalue weighted by atomic mass is 35.5. The zero-order valence-corrected chi connectivity index (χ0v) is 15.9. The first-order valence-corrected chi connectivity index (χ1v) is 9.55. The Labute approximate surface area is 162 Å². The highest BCUT2D eigenvalue weighted by Crippen LogP contribution is 2.30. The molecule has 4 aromatic rings. The summed E-state index contributed by atoms with van der Waals surface area (Å²) in [6.07, 6.45) is 1.68. The van der Waals surface area contributed by atoms with E-state index in [-0.39, 0.29) is 0 Å². The van der Waals surface area contributed by atoms with E-state index in [4.69, 9.17) is 11.6 Å². The van der Waals surface area contributed by atoms with Crippen LogP contribution in [0.15, 0.2) is 48.8 Å². The van der Waals surface area contributed by atoms with Crippen molar-refractivity contribution in [2.24, 2.45) is 0 Å². The molecule has 0 radical (unpaired) electrons. The van der Waals surface area contributed by atoms with Gasteiger partial charge in [0.05, 0.1) is 0 Å². The minimum Gasteiger partial charge on any atom is -0.368 e. The van der Waals surface area contributed by atoms with Crippen LogP contribution in [-0.2, 0) is 0 Å². The van der Waals surface area contributed by atoms with E-state index in [1.165, 1.54) is 11.3 Å². The van der Waals surface area contributed by atoms with E-state index in [0.717, 1.165) is 59.0 Å². The molecule has 0 saturated carbocycles. The Morgan fingerprint density at radius 2 is 1.67 bits per heavy atom. The molecule has 27 heavy (non-hydrogen) atoms. The lowest BCUT2D eigenvalue weighted by Crippen LogP contribution is -2.46. The van der Waals surface area contributed by atoms with Crippen molar-refractivity contribution in [2.75, 3.05) is 36.0 Å². The largest absolute Gasteiger partial charge is 0.368 e. The highest BCUT2D eigenvalue weighted by molar-refractivity contribution is 6.30. The first-order valence-electron chi connectivity index (χ1n) is 9.17. The lowest BCUT2D eigenvalue weighted by atomic mass is 10.2. The van der Waals surface area contributed by atoms with Gasteiger partial charge in [0, 0.05) is 47.8 Å². The molecule has 1 aliphatic heterocycles. The summed E-state index contributed by atoms with van der Waals surface area (Å²) in [5.41, 5.74) is 5.59. The maximum Gasteiger partial charge on any atom is 0.156 e. The van der Waals surface area contributed by atoms with Crippen LogP contribution in [0.4, 0.5) is 11.5 Å². The van der Waals surface area contributed by atoms with Crippen LogP contribution >= 0.6 is 11.6 Å². The first kappa shape index (κ1) is 16.4. The molecular formula is C21H20ClN5. The molecular weight excluding hydrogens is 358 g/mol. The van der Waals surface area contributed by atoms with Crippen molar-refractivity contribution < 1.29 is 0 Å². The number of anilines is 2. The standard InChI is InChI=1S/C21H20ClN5/c1-14-2-7-17-18(12-14)25-20-19(17)23-13-24-21(20)27-10-8-26(9-11-27)16-5-3-15(22)4-6-16/h2-7,12-13,25H,8-11H2,1H3. The number of fused-ring (bicyclic) bond motifs is 3. The predicted molar refractivity (Wildman–Crippen MR) is 112 cm³/mol. The molecule has 1 fully saturated rings. The first-order chi connectivity index (χ1) is 13.2. The maximum absolute atomic E-state index is 6.01. The predicted octanol–water partition coefficient (Wildman–Crippen LogP) is 4.40. The average Bonchev–Trinajstić information content (AvgIpc) is 3.06. The number of rotatable bonds is 2. The van der Waals surface area contributed by atoms with Crippen molar-refractivity contribution in [3.63, 3.8) is 0 Å². The fourth-order valence-electron chi connectivity index (χ4n) is 3.87. The number of halogens is 1. The summed E-state index contributed by atoms with van der Waals surface area (Å²) in [7, 11) is 0. The van der Waals surface area contributed by atoms with Gasteiger partial charge >= 0.3 is 0 Å². The quantitative estimate of drug-likeness (QED) is 0.562. The normalized spacial score (nSPS) is 15.0. The Morgan fingerprint density at radius 1 is 0.926 bits per heavy atom. The van der Waals surface area contributed by atoms with Gasteiger partial charge < -0.3 is 14.8 Å². The molecule has 0 bridgehead atoms. The van der Waals surface area contributed by atoms with Gasteiger partial charge in [-0.1, -0.05) is 23.7 Å². The molecule has 2 aromatic heterocycles. The molecule has 6 heteroatoms. The summed E-state index contributed by atoms with van der Waals surface area (Å²) < 4.78 is 0. The van der Waals surface area contributed by atoms with Gasteiger partial charge in [-0.3, -0.25) is 0 Å². The van der Waals surface area contributed by atoms with E-state index in [9.17, 15) is 0 Å². The topological polar surface area (TPSA) is 48.1 Å². The van der Waals surface area contributed by atoms with Crippen LogP contribution in [0.1, 0.15) is 5.56 Å². The van der Waals surface area contributed by atoms with Gasteiger partial charge in [-0.2, -0.15) is 0 Å². The zero-order valence-electron chi connectivity index (χ0n) is 15.1. The molecule has 0 amide bonds. The van der Waals surface area contributed by atoms with Crippen molar-refractivity contribution in [3.05, 3.63) is 59.4 Å². The van der Waals surface area contributed by atoms with Crippen molar-refractivity contribution in [3.8, 4) is 0 Å². The molecule has 0 aliphatic carbocycles. The summed E-state index contributed by atoms with van der Waals surface area (Å²) in [4.78, 5) is 17.4. The van der Waals surface area contributed by atoms with Gasteiger partial charge in [0.25, 0.3) is 0 Å². The fraction of sp³-hybridized carbons (Fsp3) is 0.238. The molecule has 0 atom stereocenters. The summed E-state index contributed by atoms with van der Waals surface area (Å²) in [6, 6.07) is 14.5. The Balaban J connectivity index is 1.44. The van der Waals surface area contributed by atoms with Crippen LogP contribution in [0.5, 0.6) is 0 Å². The Kier molecular flexibility index (Phi) is 3.90. The monoisotopic (exact) mass is 377 g/mol. The van der Waals surface area contributed by atoms with E-state index >= 15 is 0 Å². The third-order valence-corrected chi connectivity index (χ3v) is 5.54. The second-order valence-corrected chi connectivity index (χ2v) is 7.48. The smallest absolute Gasteiger partial charge is 0.156 e. The van der Waals surface area contributed by atoms with Crippen molar-refractivity contribution in [2.45, 2.75) is 6.92 Å². The number of benzene rings is 2. The van der Waals surface area contributed by atoms with Crippen molar-refractivity contribution >= 4 is 45.0 Å². The molecule has 3 heterocycles. The number of aromatic amines is 1. The number of aryl methyl sites for hydroxylation is 1. The number of nitrogens with zero attached hydrogens (tertiary/aromatic N) is 4. The van der Waals surface area contributed by atoms with Crippen LogP contribution in [0.25, 0.3) is 21.9 Å². The van der Waals surface area contributed by atoms with E-state index in [1.807, 2.05) is 12.1 Å². The van der Waals surface area contributed by atoms with Gasteiger partial charge in [0.1, 0.15) is 17.4 Å². The van der Waals surface area contributed by atoms with Crippen LogP contribution in [0.2, 0.25) is 5.02 Å². The lowest BCUT2D eigenvalue weighted by molar-refractivity contribution is 0.648. The van der Waals surface area contributed by atoms with Gasteiger partial charge in [0.2, 0.25) is 0 Å². The van der Waals surface area contributed by atoms with Crippen LogP contribution < -0.4 is 9.80 Å². The van der Waals surface area contributed by atoms with Crippen LogP contribution in [0, 0.1) is 6.92 Å². The average molecular weight is 378 g/mol. The third kappa shape index (κ3) is 2.88. The Morgan fingerprint density at radius 3 is 2.44 bits per heavy atom. The molecule has 0 unspecified atom stereocenters. The molecule has 0 spiro atoms. The minimum absolute atomic E-state index is 0.773. The van der Waals surface area contributed by atoms with Gasteiger partial charge in [0.15, 0.2) is 5.82 Å². The molecule has 5 nitrogen and oxygen atoms in total. The number of nitrogens with one attached hydrogen (secondary N) is 1. The number of hydrogen-bond acceptors (Lipinski definition) is 4. The number of piperazine rings is 1. The summed E-state index contributed by atoms with van der Waals surface area (Å²) >= 11 is 6.01. The SMILES string of the molecule is Cc1ccc2c(c1)[nH]c1c(N3CCN(c4ccc(Cl)cc4)CC3)ncnc12. The summed E-state index contributed by atoms with van der Waals surface area (Å²) in [6.45, 7) is 5.85. The van der Waals surface area contributed by atoms with Crippen LogP contribution in [-0.4, -0.2) is 41.1 Å². The minimum atomic E-state index is 0.773. The molecule has 5 rings (SSSR count). The van der Waals surface area contributed by atoms with Gasteiger partial charge in [-0.05, 0) is 42.8 Å². The molecule has 136 valence electrons. The van der Waals surface area contributed by atoms with Crippen molar-refractivity contribution in [1.82, 2.24) is 15.0 Å². The third-order valence-electron chi connectivity index (χ3n) is 5.29. The molecule has 2 aromatic carbocycles. The molecule has 1 saturated heterocycles. The second kappa shape index (κ2) is 6.43. The Hall–Kier alpha value is -2.79. The zero-order chi connectivity index (χ0) is 18.4. The summed E-state index contributed by atoms with van der Waals surface area (Å²) in [5.74, 6) is 0.990. The number of aromatic nitrogens is 3. The second-order valence-electron chi connectivity index (χ2n) is 7.05. The van der Waals surface area contributed by atoms with E-state index in [1.54, 1.807) is 6.33 Å². The van der Waals surface area contributed by atoms with E-state index < -0.39 is 0 Å². The van der Waals surface area contributed by atoms with Crippen molar-refractivity contribution in [1.29, 1.82) is 0 Å². The van der Waals surface area contributed by atoms with E-state index in [0.29, 0.717) is 0 Å². The Bertz CT molecular complexity index is 1110.